The van der Waals surface area contributed by atoms with E-state index in [1.54, 1.807) is 0 Å². The molecule has 1 atom stereocenters. The van der Waals surface area contributed by atoms with Crippen molar-refractivity contribution in [1.82, 2.24) is 0 Å². The van der Waals surface area contributed by atoms with Gasteiger partial charge in [-0.05, 0) is 31.1 Å². The zero-order valence-corrected chi connectivity index (χ0v) is 13.4. The van der Waals surface area contributed by atoms with Crippen molar-refractivity contribution in [2.24, 2.45) is 16.7 Å². The van der Waals surface area contributed by atoms with E-state index >= 15 is 0 Å². The lowest BCUT2D eigenvalue weighted by molar-refractivity contribution is -0.163. The first-order valence-electron chi connectivity index (χ1n) is 7.02. The van der Waals surface area contributed by atoms with Crippen molar-refractivity contribution < 1.29 is 22.7 Å². The Hall–Kier alpha value is -0.740. The van der Waals surface area contributed by atoms with E-state index in [9.17, 15) is 18.0 Å². The van der Waals surface area contributed by atoms with Crippen LogP contribution in [0, 0.1) is 16.7 Å². The molecule has 0 saturated heterocycles. The van der Waals surface area contributed by atoms with E-state index in [1.807, 2.05) is 41.5 Å². The number of alkyl halides is 3. The summed E-state index contributed by atoms with van der Waals surface area (Å²) < 4.78 is 41.1. The van der Waals surface area contributed by atoms with Gasteiger partial charge in [0.2, 0.25) is 0 Å². The van der Waals surface area contributed by atoms with Gasteiger partial charge in [0.1, 0.15) is 0 Å². The van der Waals surface area contributed by atoms with Crippen LogP contribution in [0.2, 0.25) is 0 Å². The van der Waals surface area contributed by atoms with E-state index in [0.29, 0.717) is 6.42 Å². The maximum absolute atomic E-state index is 12.2. The molecule has 0 aromatic heterocycles. The van der Waals surface area contributed by atoms with E-state index in [2.05, 4.69) is 0 Å². The highest BCUT2D eigenvalue weighted by Gasteiger charge is 2.41. The second-order valence-electron chi connectivity index (χ2n) is 7.16. The number of hydrogen-bond acceptors (Lipinski definition) is 2. The van der Waals surface area contributed by atoms with Crippen LogP contribution in [0.1, 0.15) is 60.8 Å². The van der Waals surface area contributed by atoms with Crippen molar-refractivity contribution >= 4 is 5.97 Å². The van der Waals surface area contributed by atoms with Crippen LogP contribution in [-0.2, 0) is 9.53 Å². The molecule has 0 aromatic rings. The third-order valence-corrected chi connectivity index (χ3v) is 3.48. The van der Waals surface area contributed by atoms with Gasteiger partial charge in [0, 0.05) is 6.42 Å². The second kappa shape index (κ2) is 6.81. The maximum Gasteiger partial charge on any atom is 0.389 e. The average molecular weight is 296 g/mol. The van der Waals surface area contributed by atoms with Crippen molar-refractivity contribution in [2.45, 2.75) is 67.0 Å². The molecule has 5 heteroatoms. The second-order valence-corrected chi connectivity index (χ2v) is 7.16. The first-order chi connectivity index (χ1) is 8.78. The summed E-state index contributed by atoms with van der Waals surface area (Å²) in [6.45, 7) is 11.6. The van der Waals surface area contributed by atoms with E-state index in [-0.39, 0.29) is 24.4 Å². The van der Waals surface area contributed by atoms with E-state index in [4.69, 9.17) is 4.74 Å². The number of carbonyl (C=O) groups is 1. The summed E-state index contributed by atoms with van der Waals surface area (Å²) in [5.74, 6) is -0.332. The van der Waals surface area contributed by atoms with Gasteiger partial charge in [0.05, 0.1) is 12.0 Å². The van der Waals surface area contributed by atoms with Gasteiger partial charge in [0.15, 0.2) is 0 Å². The predicted octanol–water partition coefficient (Wildman–Crippen LogP) is 4.97. The minimum absolute atomic E-state index is 0.0516. The lowest BCUT2D eigenvalue weighted by atomic mass is 9.69. The summed E-state index contributed by atoms with van der Waals surface area (Å²) in [5, 5.41) is 0. The van der Waals surface area contributed by atoms with Gasteiger partial charge in [0.25, 0.3) is 0 Å². The van der Waals surface area contributed by atoms with Crippen LogP contribution in [0.5, 0.6) is 0 Å². The Balaban J connectivity index is 4.52. The molecule has 1 unspecified atom stereocenters. The largest absolute Gasteiger partial charge is 0.465 e. The quantitative estimate of drug-likeness (QED) is 0.511. The Morgan fingerprint density at radius 2 is 1.60 bits per heavy atom. The summed E-state index contributed by atoms with van der Waals surface area (Å²) in [7, 11) is 0. The fraction of sp³-hybridized carbons (Fsp3) is 0.933. The number of ether oxygens (including phenoxy) is 1. The Morgan fingerprint density at radius 1 is 1.10 bits per heavy atom. The van der Waals surface area contributed by atoms with Gasteiger partial charge < -0.3 is 4.74 Å². The van der Waals surface area contributed by atoms with E-state index in [0.717, 1.165) is 0 Å². The Morgan fingerprint density at radius 3 is 1.95 bits per heavy atom. The predicted molar refractivity (Wildman–Crippen MR) is 73.3 cm³/mol. The standard InChI is InChI=1S/C15H27F3O2/c1-11(2)14(6,10-13(3,4)5)12(19)20-9-7-8-15(16,17)18/h11H,7-10H2,1-6H3. The number of halogens is 3. The van der Waals surface area contributed by atoms with Crippen LogP contribution in [0.3, 0.4) is 0 Å². The molecule has 0 amide bonds. The Labute approximate surface area is 120 Å². The molecule has 0 aliphatic rings. The van der Waals surface area contributed by atoms with Gasteiger partial charge in [-0.2, -0.15) is 13.2 Å². The van der Waals surface area contributed by atoms with Crippen molar-refractivity contribution in [3.8, 4) is 0 Å². The maximum atomic E-state index is 12.2. The topological polar surface area (TPSA) is 26.3 Å². The number of esters is 1. The molecule has 0 saturated carbocycles. The molecular weight excluding hydrogens is 269 g/mol. The van der Waals surface area contributed by atoms with E-state index in [1.165, 1.54) is 0 Å². The fourth-order valence-electron chi connectivity index (χ4n) is 2.22. The first-order valence-corrected chi connectivity index (χ1v) is 7.02. The average Bonchev–Trinajstić information content (AvgIpc) is 2.19. The van der Waals surface area contributed by atoms with Crippen molar-refractivity contribution in [3.63, 3.8) is 0 Å². The van der Waals surface area contributed by atoms with Gasteiger partial charge in [-0.3, -0.25) is 4.79 Å². The number of carbonyl (C=O) groups excluding carboxylic acids is 1. The van der Waals surface area contributed by atoms with Crippen molar-refractivity contribution in [2.75, 3.05) is 6.61 Å². The third kappa shape index (κ3) is 7.15. The molecule has 0 aromatic carbocycles. The SMILES string of the molecule is CC(C)C(C)(CC(C)(C)C)C(=O)OCCCC(F)(F)F. The van der Waals surface area contributed by atoms with Gasteiger partial charge in [-0.1, -0.05) is 34.6 Å². The summed E-state index contributed by atoms with van der Waals surface area (Å²) in [4.78, 5) is 12.2. The monoisotopic (exact) mass is 296 g/mol. The highest BCUT2D eigenvalue weighted by molar-refractivity contribution is 5.76. The van der Waals surface area contributed by atoms with Crippen molar-refractivity contribution in [3.05, 3.63) is 0 Å². The molecule has 20 heavy (non-hydrogen) atoms. The van der Waals surface area contributed by atoms with Crippen LogP contribution >= 0.6 is 0 Å². The number of hydrogen-bond donors (Lipinski definition) is 0. The third-order valence-electron chi connectivity index (χ3n) is 3.48. The molecule has 0 bridgehead atoms. The van der Waals surface area contributed by atoms with Crippen LogP contribution in [0.4, 0.5) is 13.2 Å². The minimum atomic E-state index is -4.20. The molecular formula is C15H27F3O2. The van der Waals surface area contributed by atoms with Crippen LogP contribution < -0.4 is 0 Å². The zero-order valence-electron chi connectivity index (χ0n) is 13.4. The van der Waals surface area contributed by atoms with Gasteiger partial charge >= 0.3 is 12.1 Å². The van der Waals surface area contributed by atoms with E-state index < -0.39 is 24.0 Å². The molecule has 0 fully saturated rings. The Bertz CT molecular complexity index is 316. The lowest BCUT2D eigenvalue weighted by Gasteiger charge is -2.36. The lowest BCUT2D eigenvalue weighted by Crippen LogP contribution is -2.38. The molecule has 0 aliphatic heterocycles. The summed E-state index contributed by atoms with van der Waals surface area (Å²) in [6.07, 6.45) is -4.66. The van der Waals surface area contributed by atoms with Crippen LogP contribution in [0.15, 0.2) is 0 Å². The summed E-state index contributed by atoms with van der Waals surface area (Å²) in [5.41, 5.74) is -0.722. The molecule has 0 radical (unpaired) electrons. The molecule has 120 valence electrons. The molecule has 0 N–H and O–H groups in total. The summed E-state index contributed by atoms with van der Waals surface area (Å²) in [6, 6.07) is 0. The molecule has 0 aliphatic carbocycles. The molecule has 0 rings (SSSR count). The van der Waals surface area contributed by atoms with Crippen molar-refractivity contribution in [1.29, 1.82) is 0 Å². The highest BCUT2D eigenvalue weighted by Crippen LogP contribution is 2.40. The Kier molecular flexibility index (Phi) is 6.56. The fourth-order valence-corrected chi connectivity index (χ4v) is 2.22. The van der Waals surface area contributed by atoms with Gasteiger partial charge in [-0.15, -0.1) is 0 Å². The first kappa shape index (κ1) is 19.3. The van der Waals surface area contributed by atoms with Crippen LogP contribution in [-0.4, -0.2) is 18.8 Å². The van der Waals surface area contributed by atoms with Crippen LogP contribution in [0.25, 0.3) is 0 Å². The molecule has 2 nitrogen and oxygen atoms in total. The number of rotatable bonds is 6. The zero-order chi connectivity index (χ0) is 16.2. The molecule has 0 spiro atoms. The highest BCUT2D eigenvalue weighted by atomic mass is 19.4. The normalized spacial score (nSPS) is 16.1. The smallest absolute Gasteiger partial charge is 0.389 e. The minimum Gasteiger partial charge on any atom is -0.465 e. The van der Waals surface area contributed by atoms with Gasteiger partial charge in [-0.25, -0.2) is 0 Å². The summed E-state index contributed by atoms with van der Waals surface area (Å²) >= 11 is 0. The molecule has 0 heterocycles.